The van der Waals surface area contributed by atoms with Crippen LogP contribution in [0.4, 0.5) is 5.69 Å². The number of carbonyl (C=O) groups excluding carboxylic acids is 2. The number of nitrogens with zero attached hydrogens (tertiary/aromatic N) is 1. The van der Waals surface area contributed by atoms with Crippen LogP contribution < -0.4 is 5.32 Å². The highest BCUT2D eigenvalue weighted by molar-refractivity contribution is 8.00. The molecule has 2 amide bonds. The summed E-state index contributed by atoms with van der Waals surface area (Å²) in [6, 6.07) is 7.48. The lowest BCUT2D eigenvalue weighted by Crippen LogP contribution is -2.48. The molecule has 2 rings (SSSR count). The topological polar surface area (TPSA) is 49.4 Å². The molecule has 1 unspecified atom stereocenters. The predicted octanol–water partition coefficient (Wildman–Crippen LogP) is 4.46. The number of hydrogen-bond donors (Lipinski definition) is 1. The molecule has 1 N–H and O–H groups in total. The van der Waals surface area contributed by atoms with Crippen molar-refractivity contribution < 1.29 is 9.59 Å². The summed E-state index contributed by atoms with van der Waals surface area (Å²) in [6.07, 6.45) is 0. The van der Waals surface area contributed by atoms with Gasteiger partial charge in [0.25, 0.3) is 0 Å². The van der Waals surface area contributed by atoms with Crippen LogP contribution in [-0.2, 0) is 9.59 Å². The van der Waals surface area contributed by atoms with E-state index in [-0.39, 0.29) is 16.6 Å². The van der Waals surface area contributed by atoms with Crippen molar-refractivity contribution in [3.8, 4) is 0 Å². The van der Waals surface area contributed by atoms with Crippen molar-refractivity contribution >= 4 is 41.0 Å². The maximum atomic E-state index is 12.6. The predicted molar refractivity (Wildman–Crippen MR) is 108 cm³/mol. The summed E-state index contributed by atoms with van der Waals surface area (Å²) in [5.41, 5.74) is 0.290. The molecule has 0 saturated carbocycles. The minimum absolute atomic E-state index is 0.0228. The van der Waals surface area contributed by atoms with Crippen LogP contribution in [0.15, 0.2) is 29.2 Å². The fraction of sp³-hybridized carbons (Fsp3) is 0.579. The Labute approximate surface area is 159 Å². The fourth-order valence-corrected chi connectivity index (χ4v) is 4.61. The van der Waals surface area contributed by atoms with E-state index in [2.05, 4.69) is 26.1 Å². The van der Waals surface area contributed by atoms with Gasteiger partial charge in [0.15, 0.2) is 0 Å². The fourth-order valence-electron chi connectivity index (χ4n) is 2.48. The first kappa shape index (κ1) is 20.2. The van der Waals surface area contributed by atoms with Gasteiger partial charge in [-0.05, 0) is 24.3 Å². The van der Waals surface area contributed by atoms with Crippen LogP contribution in [0.25, 0.3) is 0 Å². The average Bonchev–Trinajstić information content (AvgIpc) is 2.95. The molecule has 0 aromatic heterocycles. The molecule has 0 aliphatic carbocycles. The molecule has 0 spiro atoms. The van der Waals surface area contributed by atoms with E-state index < -0.39 is 11.5 Å². The molecule has 0 bridgehead atoms. The Morgan fingerprint density at radius 3 is 2.24 bits per heavy atom. The van der Waals surface area contributed by atoms with E-state index >= 15 is 0 Å². The molecule has 1 fully saturated rings. The Hall–Kier alpha value is -1.14. The van der Waals surface area contributed by atoms with Crippen LogP contribution in [0.2, 0.25) is 0 Å². The van der Waals surface area contributed by atoms with Crippen molar-refractivity contribution in [3.05, 3.63) is 24.3 Å². The molecule has 1 aliphatic rings. The third-order valence-corrected chi connectivity index (χ3v) is 5.77. The van der Waals surface area contributed by atoms with E-state index in [0.29, 0.717) is 11.6 Å². The number of anilines is 1. The second kappa shape index (κ2) is 7.62. The van der Waals surface area contributed by atoms with E-state index in [4.69, 9.17) is 0 Å². The average molecular weight is 381 g/mol. The van der Waals surface area contributed by atoms with E-state index in [1.165, 1.54) is 4.90 Å². The number of rotatable bonds is 3. The van der Waals surface area contributed by atoms with Crippen molar-refractivity contribution in [3.63, 3.8) is 0 Å². The van der Waals surface area contributed by atoms with Gasteiger partial charge in [0, 0.05) is 26.5 Å². The van der Waals surface area contributed by atoms with Crippen molar-refractivity contribution in [2.24, 2.45) is 5.41 Å². The highest BCUT2D eigenvalue weighted by Crippen LogP contribution is 2.32. The minimum atomic E-state index is -0.477. The number of thioether (sulfide) groups is 2. The lowest BCUT2D eigenvalue weighted by atomic mass is 9.94. The molecule has 1 heterocycles. The van der Waals surface area contributed by atoms with Gasteiger partial charge in [-0.3, -0.25) is 9.59 Å². The SMILES string of the molecule is CC(C)(C)Sc1ccc(NC(=O)C2CSCN2C(=O)C(C)(C)C)cc1. The zero-order valence-corrected chi connectivity index (χ0v) is 17.5. The van der Waals surface area contributed by atoms with E-state index in [1.54, 1.807) is 28.4 Å². The number of benzene rings is 1. The maximum Gasteiger partial charge on any atom is 0.248 e. The van der Waals surface area contributed by atoms with Crippen molar-refractivity contribution in [2.45, 2.75) is 57.2 Å². The maximum absolute atomic E-state index is 12.6. The third kappa shape index (κ3) is 5.68. The Morgan fingerprint density at radius 2 is 1.72 bits per heavy atom. The van der Waals surface area contributed by atoms with Gasteiger partial charge in [-0.15, -0.1) is 23.5 Å². The monoisotopic (exact) mass is 380 g/mol. The number of nitrogens with one attached hydrogen (secondary N) is 1. The third-order valence-electron chi connectivity index (χ3n) is 3.63. The molecule has 1 aromatic rings. The molecule has 4 nitrogen and oxygen atoms in total. The smallest absolute Gasteiger partial charge is 0.248 e. The first-order valence-corrected chi connectivity index (χ1v) is 10.4. The Balaban J connectivity index is 2.02. The second-order valence-corrected chi connectivity index (χ2v) is 11.2. The number of amides is 2. The Kier molecular flexibility index (Phi) is 6.15. The number of hydrogen-bond acceptors (Lipinski definition) is 4. The van der Waals surface area contributed by atoms with Crippen LogP contribution in [-0.4, -0.2) is 39.1 Å². The highest BCUT2D eigenvalue weighted by atomic mass is 32.2. The second-order valence-electron chi connectivity index (χ2n) is 8.27. The summed E-state index contributed by atoms with van der Waals surface area (Å²) in [4.78, 5) is 28.1. The van der Waals surface area contributed by atoms with Gasteiger partial charge in [-0.25, -0.2) is 0 Å². The summed E-state index contributed by atoms with van der Waals surface area (Å²) >= 11 is 3.42. The quantitative estimate of drug-likeness (QED) is 0.787. The van der Waals surface area contributed by atoms with Gasteiger partial charge < -0.3 is 10.2 Å². The molecular weight excluding hydrogens is 352 g/mol. The summed E-state index contributed by atoms with van der Waals surface area (Å²) in [5, 5.41) is 2.95. The minimum Gasteiger partial charge on any atom is -0.324 e. The molecule has 138 valence electrons. The summed E-state index contributed by atoms with van der Waals surface area (Å²) in [6.45, 7) is 12.2. The van der Waals surface area contributed by atoms with Gasteiger partial charge in [0.2, 0.25) is 11.8 Å². The summed E-state index contributed by atoms with van der Waals surface area (Å²) in [7, 11) is 0. The molecular formula is C19H28N2O2S2. The summed E-state index contributed by atoms with van der Waals surface area (Å²) in [5.74, 6) is 1.13. The molecule has 1 atom stereocenters. The van der Waals surface area contributed by atoms with E-state index in [1.807, 2.05) is 45.0 Å². The van der Waals surface area contributed by atoms with Gasteiger partial charge in [-0.2, -0.15) is 0 Å². The molecule has 1 aliphatic heterocycles. The van der Waals surface area contributed by atoms with Crippen LogP contribution in [0, 0.1) is 5.41 Å². The standard InChI is InChI=1S/C19H28N2O2S2/c1-18(2,3)17(23)21-12-24-11-15(21)16(22)20-13-7-9-14(10-8-13)25-19(4,5)6/h7-10,15H,11-12H2,1-6H3,(H,20,22). The molecule has 1 saturated heterocycles. The first-order valence-electron chi connectivity index (χ1n) is 8.46. The van der Waals surface area contributed by atoms with Gasteiger partial charge in [0.05, 0.1) is 5.88 Å². The zero-order chi connectivity index (χ0) is 18.8. The van der Waals surface area contributed by atoms with Crippen LogP contribution >= 0.6 is 23.5 Å². The van der Waals surface area contributed by atoms with Gasteiger partial charge >= 0.3 is 0 Å². The van der Waals surface area contributed by atoms with Crippen LogP contribution in [0.3, 0.4) is 0 Å². The largest absolute Gasteiger partial charge is 0.324 e. The van der Waals surface area contributed by atoms with Crippen molar-refractivity contribution in [1.82, 2.24) is 4.90 Å². The Bertz CT molecular complexity index is 630. The highest BCUT2D eigenvalue weighted by Gasteiger charge is 2.39. The van der Waals surface area contributed by atoms with Crippen molar-refractivity contribution in [2.75, 3.05) is 16.9 Å². The normalized spacial score (nSPS) is 18.3. The lowest BCUT2D eigenvalue weighted by molar-refractivity contribution is -0.143. The Morgan fingerprint density at radius 1 is 1.12 bits per heavy atom. The zero-order valence-electron chi connectivity index (χ0n) is 15.9. The van der Waals surface area contributed by atoms with Crippen LogP contribution in [0.1, 0.15) is 41.5 Å². The van der Waals surface area contributed by atoms with Gasteiger partial charge in [0.1, 0.15) is 6.04 Å². The van der Waals surface area contributed by atoms with Crippen molar-refractivity contribution in [1.29, 1.82) is 0 Å². The molecule has 6 heteroatoms. The van der Waals surface area contributed by atoms with Crippen LogP contribution in [0.5, 0.6) is 0 Å². The first-order chi connectivity index (χ1) is 11.5. The molecule has 1 aromatic carbocycles. The van der Waals surface area contributed by atoms with Gasteiger partial charge in [-0.1, -0.05) is 41.5 Å². The lowest BCUT2D eigenvalue weighted by Gasteiger charge is -2.29. The molecule has 0 radical (unpaired) electrons. The van der Waals surface area contributed by atoms with E-state index in [0.717, 1.165) is 5.69 Å². The van der Waals surface area contributed by atoms with E-state index in [9.17, 15) is 9.59 Å². The molecule has 25 heavy (non-hydrogen) atoms. The number of carbonyl (C=O) groups is 2. The summed E-state index contributed by atoms with van der Waals surface area (Å²) < 4.78 is 0.152.